The van der Waals surface area contributed by atoms with Crippen molar-refractivity contribution in [2.24, 2.45) is 0 Å². The molecule has 0 saturated carbocycles. The summed E-state index contributed by atoms with van der Waals surface area (Å²) in [6.45, 7) is 4.06. The zero-order chi connectivity index (χ0) is 25.8. The molecule has 2 atom stereocenters. The highest BCUT2D eigenvalue weighted by atomic mass is 16.5. The lowest BCUT2D eigenvalue weighted by molar-refractivity contribution is 0.0515. The van der Waals surface area contributed by atoms with E-state index >= 15 is 0 Å². The fourth-order valence-corrected chi connectivity index (χ4v) is 6.44. The zero-order valence-corrected chi connectivity index (χ0v) is 21.4. The molecule has 0 spiro atoms. The Morgan fingerprint density at radius 1 is 0.703 bits per heavy atom. The van der Waals surface area contributed by atoms with Gasteiger partial charge in [-0.1, -0.05) is 12.1 Å². The lowest BCUT2D eigenvalue weighted by atomic mass is 9.61. The third-order valence-electron chi connectivity index (χ3n) is 7.79. The minimum Gasteiger partial charge on any atom is -0.497 e. The van der Waals surface area contributed by atoms with E-state index in [1.807, 2.05) is 12.1 Å². The molecule has 7 nitrogen and oxygen atoms in total. The average Bonchev–Trinajstić information content (AvgIpc) is 3.35. The molecule has 190 valence electrons. The van der Waals surface area contributed by atoms with Gasteiger partial charge in [0.15, 0.2) is 0 Å². The largest absolute Gasteiger partial charge is 0.497 e. The molecular formula is C30H29NO6. The van der Waals surface area contributed by atoms with Crippen LogP contribution in [-0.2, 0) is 9.47 Å². The predicted molar refractivity (Wildman–Crippen MR) is 140 cm³/mol. The van der Waals surface area contributed by atoms with Crippen molar-refractivity contribution >= 4 is 33.5 Å². The third-order valence-corrected chi connectivity index (χ3v) is 7.79. The van der Waals surface area contributed by atoms with Crippen molar-refractivity contribution in [3.05, 3.63) is 70.0 Å². The van der Waals surface area contributed by atoms with Crippen LogP contribution >= 0.6 is 0 Å². The summed E-state index contributed by atoms with van der Waals surface area (Å²) < 4.78 is 21.9. The first-order valence-electron chi connectivity index (χ1n) is 12.7. The van der Waals surface area contributed by atoms with Gasteiger partial charge >= 0.3 is 11.9 Å². The minimum absolute atomic E-state index is 0.0590. The normalized spacial score (nSPS) is 17.4. The monoisotopic (exact) mass is 499 g/mol. The van der Waals surface area contributed by atoms with Crippen LogP contribution in [0.2, 0.25) is 0 Å². The fraction of sp³-hybridized carbons (Fsp3) is 0.333. The molecule has 0 amide bonds. The number of nitrogens with one attached hydrogen (secondary N) is 1. The van der Waals surface area contributed by atoms with Crippen LogP contribution in [-0.4, -0.2) is 44.4 Å². The molecule has 7 heteroatoms. The van der Waals surface area contributed by atoms with Crippen LogP contribution in [0.15, 0.2) is 36.4 Å². The van der Waals surface area contributed by atoms with Crippen LogP contribution in [0.1, 0.15) is 81.8 Å². The summed E-state index contributed by atoms with van der Waals surface area (Å²) in [4.78, 5) is 29.3. The number of aromatic amines is 1. The molecule has 0 radical (unpaired) electrons. The molecule has 2 bridgehead atoms. The highest BCUT2D eigenvalue weighted by molar-refractivity contribution is 6.13. The molecule has 3 aliphatic carbocycles. The van der Waals surface area contributed by atoms with Gasteiger partial charge in [0.1, 0.15) is 22.9 Å². The Hall–Kier alpha value is -4.00. The molecule has 3 aliphatic rings. The van der Waals surface area contributed by atoms with Gasteiger partial charge in [0.05, 0.1) is 27.4 Å². The number of aromatic nitrogens is 1. The lowest BCUT2D eigenvalue weighted by Gasteiger charge is -2.41. The van der Waals surface area contributed by atoms with E-state index in [4.69, 9.17) is 18.9 Å². The van der Waals surface area contributed by atoms with E-state index in [1.165, 1.54) is 11.1 Å². The first-order chi connectivity index (χ1) is 18.0. The summed E-state index contributed by atoms with van der Waals surface area (Å²) in [6, 6.07) is 12.3. The number of methoxy groups -OCH3 is 2. The van der Waals surface area contributed by atoms with Gasteiger partial charge in [0, 0.05) is 11.8 Å². The highest BCUT2D eigenvalue weighted by Crippen LogP contribution is 2.59. The number of carbonyl (C=O) groups excluding carboxylic acids is 2. The van der Waals surface area contributed by atoms with Gasteiger partial charge in [0.2, 0.25) is 0 Å². The Labute approximate surface area is 214 Å². The van der Waals surface area contributed by atoms with E-state index in [0.29, 0.717) is 11.4 Å². The smallest absolute Gasteiger partial charge is 0.355 e. The highest BCUT2D eigenvalue weighted by Gasteiger charge is 2.46. The van der Waals surface area contributed by atoms with Gasteiger partial charge in [-0.2, -0.15) is 0 Å². The van der Waals surface area contributed by atoms with Gasteiger partial charge in [-0.25, -0.2) is 9.59 Å². The summed E-state index contributed by atoms with van der Waals surface area (Å²) in [5.41, 5.74) is 4.87. The maximum absolute atomic E-state index is 13.1. The number of hydrogen-bond acceptors (Lipinski definition) is 6. The van der Waals surface area contributed by atoms with Crippen molar-refractivity contribution in [1.82, 2.24) is 4.98 Å². The molecule has 0 aliphatic heterocycles. The van der Waals surface area contributed by atoms with Crippen molar-refractivity contribution in [2.45, 2.75) is 38.5 Å². The van der Waals surface area contributed by atoms with Crippen LogP contribution in [0.25, 0.3) is 21.5 Å². The molecule has 0 saturated heterocycles. The zero-order valence-electron chi connectivity index (χ0n) is 21.4. The third kappa shape index (κ3) is 3.33. The number of benzene rings is 3. The quantitative estimate of drug-likeness (QED) is 0.256. The van der Waals surface area contributed by atoms with Gasteiger partial charge < -0.3 is 23.9 Å². The molecule has 7 rings (SSSR count). The minimum atomic E-state index is -0.445. The number of H-pyrrole nitrogens is 1. The van der Waals surface area contributed by atoms with E-state index in [0.717, 1.165) is 57.0 Å². The van der Waals surface area contributed by atoms with E-state index in [1.54, 1.807) is 28.1 Å². The Kier molecular flexibility index (Phi) is 5.59. The van der Waals surface area contributed by atoms with Crippen molar-refractivity contribution in [1.29, 1.82) is 0 Å². The second-order valence-corrected chi connectivity index (χ2v) is 9.48. The van der Waals surface area contributed by atoms with Crippen LogP contribution in [0, 0.1) is 0 Å². The Morgan fingerprint density at radius 2 is 1.14 bits per heavy atom. The Morgan fingerprint density at radius 3 is 1.51 bits per heavy atom. The summed E-state index contributed by atoms with van der Waals surface area (Å²) >= 11 is 0. The summed E-state index contributed by atoms with van der Waals surface area (Å²) in [5.74, 6) is 0.542. The van der Waals surface area contributed by atoms with Gasteiger partial charge in [-0.15, -0.1) is 0 Å². The molecule has 1 aromatic heterocycles. The maximum atomic E-state index is 13.1. The summed E-state index contributed by atoms with van der Waals surface area (Å²) in [6.07, 6.45) is 1.75. The lowest BCUT2D eigenvalue weighted by Crippen LogP contribution is -2.27. The number of ether oxygens (including phenoxy) is 4. The van der Waals surface area contributed by atoms with Crippen LogP contribution in [0.3, 0.4) is 0 Å². The van der Waals surface area contributed by atoms with Crippen LogP contribution < -0.4 is 9.47 Å². The predicted octanol–water partition coefficient (Wildman–Crippen LogP) is 6.06. The van der Waals surface area contributed by atoms with Crippen LogP contribution in [0.5, 0.6) is 11.5 Å². The maximum Gasteiger partial charge on any atom is 0.355 e. The van der Waals surface area contributed by atoms with Gasteiger partial charge in [-0.05, 0) is 94.8 Å². The van der Waals surface area contributed by atoms with Gasteiger partial charge in [0.25, 0.3) is 0 Å². The number of fused-ring (bicyclic) bond motifs is 4. The average molecular weight is 500 g/mol. The molecule has 37 heavy (non-hydrogen) atoms. The second kappa shape index (κ2) is 8.83. The molecule has 4 aromatic rings. The molecule has 1 heterocycles. The van der Waals surface area contributed by atoms with Crippen molar-refractivity contribution in [3.63, 3.8) is 0 Å². The standard InChI is InChI=1S/C30H29NO6/c1-5-36-29(32)27-25-19-11-12-20(26(25)28(31-27)30(33)37-6-2)24-18-10-8-16(35-4)14-22(18)21-13-15(34-3)7-9-17(21)23(19)24/h7-10,13-14,19-20,31H,5-6,11-12H2,1-4H3. The number of carbonyl (C=O) groups is 2. The molecule has 1 N–H and O–H groups in total. The topological polar surface area (TPSA) is 86.9 Å². The number of esters is 2. The molecule has 0 fully saturated rings. The SMILES string of the molecule is CCOC(=O)c1[nH]c(C(=O)OCC)c2c1C1CCC2c2c1c1ccc(OC)cc1c1cc(OC)ccc21. The van der Waals surface area contributed by atoms with E-state index in [9.17, 15) is 9.59 Å². The van der Waals surface area contributed by atoms with Gasteiger partial charge in [-0.3, -0.25) is 0 Å². The first kappa shape index (κ1) is 23.4. The molecule has 3 aromatic carbocycles. The van der Waals surface area contributed by atoms with Crippen LogP contribution in [0.4, 0.5) is 0 Å². The molecule has 2 unspecified atom stereocenters. The van der Waals surface area contributed by atoms with Crippen molar-refractivity contribution < 1.29 is 28.5 Å². The van der Waals surface area contributed by atoms with E-state index in [2.05, 4.69) is 29.2 Å². The number of hydrogen-bond donors (Lipinski definition) is 1. The second-order valence-electron chi connectivity index (χ2n) is 9.48. The first-order valence-corrected chi connectivity index (χ1v) is 12.7. The molecular weight excluding hydrogens is 470 g/mol. The van der Waals surface area contributed by atoms with E-state index in [-0.39, 0.29) is 25.0 Å². The Bertz CT molecular complexity index is 1470. The Balaban J connectivity index is 1.70. The number of rotatable bonds is 6. The fourth-order valence-electron chi connectivity index (χ4n) is 6.44. The summed E-state index contributed by atoms with van der Waals surface area (Å²) in [5, 5.41) is 4.37. The van der Waals surface area contributed by atoms with Crippen molar-refractivity contribution in [2.75, 3.05) is 27.4 Å². The van der Waals surface area contributed by atoms with E-state index < -0.39 is 11.9 Å². The van der Waals surface area contributed by atoms with Crippen molar-refractivity contribution in [3.8, 4) is 11.5 Å². The summed E-state index contributed by atoms with van der Waals surface area (Å²) in [7, 11) is 3.33.